The van der Waals surface area contributed by atoms with Crippen molar-refractivity contribution >= 4 is 38.9 Å². The molecule has 2 nitrogen and oxygen atoms in total. The van der Waals surface area contributed by atoms with Gasteiger partial charge in [-0.2, -0.15) is 0 Å². The Morgan fingerprint density at radius 1 is 1.27 bits per heavy atom. The van der Waals surface area contributed by atoms with Crippen molar-refractivity contribution in [2.45, 2.75) is 13.1 Å². The molecule has 15 heavy (non-hydrogen) atoms. The maximum Gasteiger partial charge on any atom is 0.193 e. The third-order valence-electron chi connectivity index (χ3n) is 1.86. The van der Waals surface area contributed by atoms with E-state index in [0.717, 1.165) is 16.1 Å². The van der Waals surface area contributed by atoms with Crippen LogP contribution in [0.2, 0.25) is 5.22 Å². The van der Waals surface area contributed by atoms with E-state index in [1.165, 1.54) is 4.88 Å². The van der Waals surface area contributed by atoms with Crippen LogP contribution < -0.4 is 5.32 Å². The SMILES string of the molecule is Clc1ccc(CNCc2ccc(Br)s2)o1. The van der Waals surface area contributed by atoms with Gasteiger partial charge in [0, 0.05) is 11.4 Å². The van der Waals surface area contributed by atoms with E-state index in [0.29, 0.717) is 11.8 Å². The van der Waals surface area contributed by atoms with Gasteiger partial charge in [-0.25, -0.2) is 0 Å². The first-order valence-electron chi connectivity index (χ1n) is 4.43. The Hall–Kier alpha value is -0.290. The second kappa shape index (κ2) is 5.16. The Kier molecular flexibility index (Phi) is 3.86. The average molecular weight is 307 g/mol. The molecule has 0 amide bonds. The number of hydrogen-bond acceptors (Lipinski definition) is 3. The molecular weight excluding hydrogens is 298 g/mol. The van der Waals surface area contributed by atoms with Crippen LogP contribution in [0.5, 0.6) is 0 Å². The van der Waals surface area contributed by atoms with E-state index < -0.39 is 0 Å². The van der Waals surface area contributed by atoms with E-state index in [1.807, 2.05) is 12.1 Å². The lowest BCUT2D eigenvalue weighted by molar-refractivity contribution is 0.485. The van der Waals surface area contributed by atoms with Crippen LogP contribution >= 0.6 is 38.9 Å². The fraction of sp³-hybridized carbons (Fsp3) is 0.200. The van der Waals surface area contributed by atoms with Gasteiger partial charge in [-0.05, 0) is 51.8 Å². The fourth-order valence-corrected chi connectivity index (χ4v) is 2.82. The summed E-state index contributed by atoms with van der Waals surface area (Å²) in [5, 5.41) is 3.72. The standard InChI is InChI=1S/C10H9BrClNOS/c11-9-3-2-8(15-9)6-13-5-7-1-4-10(12)14-7/h1-4,13H,5-6H2. The first-order chi connectivity index (χ1) is 7.24. The summed E-state index contributed by atoms with van der Waals surface area (Å²) in [6, 6.07) is 7.77. The van der Waals surface area contributed by atoms with Gasteiger partial charge in [-0.3, -0.25) is 0 Å². The molecule has 5 heteroatoms. The molecule has 0 bridgehead atoms. The van der Waals surface area contributed by atoms with Crippen molar-refractivity contribution in [3.8, 4) is 0 Å². The normalized spacial score (nSPS) is 10.8. The second-order valence-electron chi connectivity index (χ2n) is 3.02. The van der Waals surface area contributed by atoms with Crippen molar-refractivity contribution in [3.05, 3.63) is 43.9 Å². The summed E-state index contributed by atoms with van der Waals surface area (Å²) < 4.78 is 6.38. The van der Waals surface area contributed by atoms with Gasteiger partial charge in [-0.15, -0.1) is 11.3 Å². The lowest BCUT2D eigenvalue weighted by atomic mass is 10.4. The summed E-state index contributed by atoms with van der Waals surface area (Å²) in [6.07, 6.45) is 0. The average Bonchev–Trinajstić information content (AvgIpc) is 2.76. The number of nitrogens with one attached hydrogen (secondary N) is 1. The van der Waals surface area contributed by atoms with Crippen LogP contribution in [0.4, 0.5) is 0 Å². The van der Waals surface area contributed by atoms with Gasteiger partial charge in [0.05, 0.1) is 10.3 Å². The molecule has 2 aromatic heterocycles. The van der Waals surface area contributed by atoms with Crippen LogP contribution in [0, 0.1) is 0 Å². The Bertz CT molecular complexity index is 400. The number of halogens is 2. The Balaban J connectivity index is 1.80. The maximum absolute atomic E-state index is 5.66. The van der Waals surface area contributed by atoms with E-state index in [2.05, 4.69) is 27.3 Å². The summed E-state index contributed by atoms with van der Waals surface area (Å²) in [5.41, 5.74) is 0. The summed E-state index contributed by atoms with van der Waals surface area (Å²) >= 11 is 10.8. The Labute approximate surface area is 105 Å². The lowest BCUT2D eigenvalue weighted by Gasteiger charge is -1.99. The summed E-state index contributed by atoms with van der Waals surface area (Å²) in [4.78, 5) is 1.29. The molecule has 0 aliphatic rings. The molecule has 2 heterocycles. The molecule has 0 spiro atoms. The molecule has 0 aromatic carbocycles. The van der Waals surface area contributed by atoms with E-state index in [1.54, 1.807) is 17.4 Å². The predicted octanol–water partition coefficient (Wildman–Crippen LogP) is 4.05. The summed E-state index contributed by atoms with van der Waals surface area (Å²) in [5.74, 6) is 0.857. The van der Waals surface area contributed by atoms with Gasteiger partial charge in [0.25, 0.3) is 0 Å². The molecule has 0 saturated heterocycles. The van der Waals surface area contributed by atoms with Crippen molar-refractivity contribution in [2.75, 3.05) is 0 Å². The highest BCUT2D eigenvalue weighted by Gasteiger charge is 2.00. The minimum absolute atomic E-state index is 0.436. The molecule has 0 aliphatic carbocycles. The molecular formula is C10H9BrClNOS. The largest absolute Gasteiger partial charge is 0.448 e. The minimum Gasteiger partial charge on any atom is -0.448 e. The van der Waals surface area contributed by atoms with Crippen molar-refractivity contribution in [1.29, 1.82) is 0 Å². The zero-order valence-electron chi connectivity index (χ0n) is 7.80. The molecule has 80 valence electrons. The van der Waals surface area contributed by atoms with Crippen LogP contribution in [0.15, 0.2) is 32.5 Å². The highest BCUT2D eigenvalue weighted by atomic mass is 79.9. The lowest BCUT2D eigenvalue weighted by Crippen LogP contribution is -2.10. The van der Waals surface area contributed by atoms with E-state index in [9.17, 15) is 0 Å². The van der Waals surface area contributed by atoms with Crippen LogP contribution in [0.25, 0.3) is 0 Å². The van der Waals surface area contributed by atoms with E-state index in [4.69, 9.17) is 16.0 Å². The first-order valence-corrected chi connectivity index (χ1v) is 6.42. The monoisotopic (exact) mass is 305 g/mol. The van der Waals surface area contributed by atoms with Gasteiger partial charge in [-0.1, -0.05) is 0 Å². The van der Waals surface area contributed by atoms with Gasteiger partial charge in [0.1, 0.15) is 5.76 Å². The fourth-order valence-electron chi connectivity index (χ4n) is 1.20. The predicted molar refractivity (Wildman–Crippen MR) is 66.3 cm³/mol. The molecule has 0 radical (unpaired) electrons. The zero-order valence-corrected chi connectivity index (χ0v) is 11.0. The molecule has 1 N–H and O–H groups in total. The summed E-state index contributed by atoms with van der Waals surface area (Å²) in [6.45, 7) is 1.54. The van der Waals surface area contributed by atoms with Gasteiger partial charge in [0.2, 0.25) is 0 Å². The number of hydrogen-bond donors (Lipinski definition) is 1. The minimum atomic E-state index is 0.436. The van der Waals surface area contributed by atoms with Crippen LogP contribution in [-0.2, 0) is 13.1 Å². The molecule has 0 fully saturated rings. The Morgan fingerprint density at radius 2 is 2.13 bits per heavy atom. The first kappa shape index (κ1) is 11.2. The molecule has 2 aromatic rings. The van der Waals surface area contributed by atoms with Crippen LogP contribution in [-0.4, -0.2) is 0 Å². The third-order valence-corrected chi connectivity index (χ3v) is 3.68. The Morgan fingerprint density at radius 3 is 2.73 bits per heavy atom. The van der Waals surface area contributed by atoms with Gasteiger partial charge in [0.15, 0.2) is 5.22 Å². The molecule has 0 saturated carbocycles. The molecule has 2 rings (SSSR count). The van der Waals surface area contributed by atoms with Crippen molar-refractivity contribution in [1.82, 2.24) is 5.32 Å². The maximum atomic E-state index is 5.66. The number of rotatable bonds is 4. The van der Waals surface area contributed by atoms with Crippen molar-refractivity contribution in [2.24, 2.45) is 0 Å². The van der Waals surface area contributed by atoms with E-state index >= 15 is 0 Å². The third kappa shape index (κ3) is 3.34. The van der Waals surface area contributed by atoms with Crippen molar-refractivity contribution in [3.63, 3.8) is 0 Å². The van der Waals surface area contributed by atoms with Gasteiger partial charge >= 0.3 is 0 Å². The van der Waals surface area contributed by atoms with E-state index in [-0.39, 0.29) is 0 Å². The van der Waals surface area contributed by atoms with Crippen LogP contribution in [0.1, 0.15) is 10.6 Å². The summed E-state index contributed by atoms with van der Waals surface area (Å²) in [7, 11) is 0. The molecule has 0 aliphatic heterocycles. The van der Waals surface area contributed by atoms with Crippen LogP contribution in [0.3, 0.4) is 0 Å². The van der Waals surface area contributed by atoms with Crippen molar-refractivity contribution < 1.29 is 4.42 Å². The smallest absolute Gasteiger partial charge is 0.193 e. The second-order valence-corrected chi connectivity index (χ2v) is 5.94. The highest BCUT2D eigenvalue weighted by molar-refractivity contribution is 9.11. The quantitative estimate of drug-likeness (QED) is 0.922. The number of furan rings is 1. The highest BCUT2D eigenvalue weighted by Crippen LogP contribution is 2.21. The topological polar surface area (TPSA) is 25.2 Å². The molecule has 0 unspecified atom stereocenters. The molecule has 0 atom stereocenters. The number of thiophene rings is 1. The van der Waals surface area contributed by atoms with Gasteiger partial charge < -0.3 is 9.73 Å². The zero-order chi connectivity index (χ0) is 10.7.